The van der Waals surface area contributed by atoms with Crippen molar-refractivity contribution in [1.29, 1.82) is 0 Å². The third-order valence-corrected chi connectivity index (χ3v) is 5.34. The van der Waals surface area contributed by atoms with Crippen LogP contribution in [0.5, 0.6) is 5.75 Å². The number of anilines is 1. The number of carbonyl (C=O) groups is 3. The van der Waals surface area contributed by atoms with Crippen molar-refractivity contribution in [3.05, 3.63) is 83.2 Å². The molecule has 1 saturated heterocycles. The van der Waals surface area contributed by atoms with Crippen LogP contribution in [0.3, 0.4) is 0 Å². The number of aryl methyl sites for hydroxylation is 1. The summed E-state index contributed by atoms with van der Waals surface area (Å²) in [5.41, 5.74) is 3.53. The normalized spacial score (nSPS) is 15.4. The molecule has 1 fully saturated rings. The summed E-state index contributed by atoms with van der Waals surface area (Å²) in [6.45, 7) is 3.73. The van der Waals surface area contributed by atoms with E-state index in [4.69, 9.17) is 4.74 Å². The van der Waals surface area contributed by atoms with Gasteiger partial charge in [-0.05, 0) is 73.5 Å². The molecular weight excluding hydrogens is 394 g/mol. The standard InChI is InChI=1S/C24H21N3O4/c1-15-6-4-8-21(16(15)2)27-23(29)20(22(28)25-24(27)30)14-18-7-5-13-26(18)17-9-11-19(31-3)12-10-17/h4-14H,1-3H3,(H,25,28,30)/b20-14+. The van der Waals surface area contributed by atoms with Gasteiger partial charge in [-0.1, -0.05) is 12.1 Å². The molecule has 31 heavy (non-hydrogen) atoms. The number of nitrogens with zero attached hydrogens (tertiary/aromatic N) is 2. The van der Waals surface area contributed by atoms with Gasteiger partial charge >= 0.3 is 6.03 Å². The van der Waals surface area contributed by atoms with E-state index in [0.717, 1.165) is 27.5 Å². The van der Waals surface area contributed by atoms with Crippen molar-refractivity contribution in [2.75, 3.05) is 12.0 Å². The summed E-state index contributed by atoms with van der Waals surface area (Å²) in [6.07, 6.45) is 3.32. The third-order valence-electron chi connectivity index (χ3n) is 5.34. The quantitative estimate of drug-likeness (QED) is 0.520. The molecule has 2 heterocycles. The molecule has 0 spiro atoms. The zero-order valence-electron chi connectivity index (χ0n) is 17.4. The minimum Gasteiger partial charge on any atom is -0.497 e. The van der Waals surface area contributed by atoms with Crippen LogP contribution in [0.1, 0.15) is 16.8 Å². The molecule has 0 atom stereocenters. The lowest BCUT2D eigenvalue weighted by Gasteiger charge is -2.28. The number of imide groups is 2. The molecule has 1 aromatic heterocycles. The lowest BCUT2D eigenvalue weighted by Crippen LogP contribution is -2.54. The second-order valence-corrected chi connectivity index (χ2v) is 7.18. The van der Waals surface area contributed by atoms with Crippen LogP contribution in [-0.4, -0.2) is 29.5 Å². The highest BCUT2D eigenvalue weighted by atomic mass is 16.5. The molecule has 1 N–H and O–H groups in total. The van der Waals surface area contributed by atoms with Gasteiger partial charge in [-0.15, -0.1) is 0 Å². The van der Waals surface area contributed by atoms with Crippen molar-refractivity contribution in [2.45, 2.75) is 13.8 Å². The first-order valence-corrected chi connectivity index (χ1v) is 9.70. The average molecular weight is 415 g/mol. The largest absolute Gasteiger partial charge is 0.497 e. The number of aromatic nitrogens is 1. The van der Waals surface area contributed by atoms with Gasteiger partial charge in [0.15, 0.2) is 0 Å². The molecule has 0 aliphatic carbocycles. The number of barbiturate groups is 1. The Labute approximate surface area is 179 Å². The van der Waals surface area contributed by atoms with E-state index < -0.39 is 17.8 Å². The van der Waals surface area contributed by atoms with Gasteiger partial charge in [0.05, 0.1) is 12.8 Å². The fourth-order valence-electron chi connectivity index (χ4n) is 3.49. The van der Waals surface area contributed by atoms with Gasteiger partial charge in [0.2, 0.25) is 0 Å². The van der Waals surface area contributed by atoms with Crippen molar-refractivity contribution < 1.29 is 19.1 Å². The SMILES string of the molecule is COc1ccc(-n2cccc2/C=C2\C(=O)NC(=O)N(c3cccc(C)c3C)C2=O)cc1. The minimum atomic E-state index is -0.758. The number of hydrogen-bond donors (Lipinski definition) is 1. The summed E-state index contributed by atoms with van der Waals surface area (Å²) >= 11 is 0. The van der Waals surface area contributed by atoms with Gasteiger partial charge in [-0.2, -0.15) is 0 Å². The summed E-state index contributed by atoms with van der Waals surface area (Å²) in [5.74, 6) is -0.663. The van der Waals surface area contributed by atoms with E-state index >= 15 is 0 Å². The average Bonchev–Trinajstić information content (AvgIpc) is 3.22. The number of urea groups is 1. The molecule has 3 aromatic rings. The van der Waals surface area contributed by atoms with E-state index in [1.165, 1.54) is 6.08 Å². The van der Waals surface area contributed by atoms with Crippen molar-refractivity contribution in [3.8, 4) is 11.4 Å². The molecule has 0 unspecified atom stereocenters. The number of amides is 4. The summed E-state index contributed by atoms with van der Waals surface area (Å²) in [5, 5.41) is 2.27. The predicted octanol–water partition coefficient (Wildman–Crippen LogP) is 3.77. The highest BCUT2D eigenvalue weighted by Crippen LogP contribution is 2.27. The molecule has 2 aromatic carbocycles. The monoisotopic (exact) mass is 415 g/mol. The Morgan fingerprint density at radius 1 is 0.935 bits per heavy atom. The first-order valence-electron chi connectivity index (χ1n) is 9.70. The summed E-state index contributed by atoms with van der Waals surface area (Å²) < 4.78 is 7.03. The van der Waals surface area contributed by atoms with Gasteiger partial charge in [0.1, 0.15) is 11.3 Å². The maximum absolute atomic E-state index is 13.2. The zero-order chi connectivity index (χ0) is 22.1. The molecule has 4 amide bonds. The van der Waals surface area contributed by atoms with Gasteiger partial charge in [0.25, 0.3) is 11.8 Å². The molecule has 1 aliphatic rings. The fraction of sp³-hybridized carbons (Fsp3) is 0.125. The van der Waals surface area contributed by atoms with Crippen LogP contribution in [0.15, 0.2) is 66.4 Å². The van der Waals surface area contributed by atoms with E-state index in [1.807, 2.05) is 61.0 Å². The number of carbonyl (C=O) groups excluding carboxylic acids is 3. The van der Waals surface area contributed by atoms with E-state index in [9.17, 15) is 14.4 Å². The van der Waals surface area contributed by atoms with Gasteiger partial charge in [-0.3, -0.25) is 14.9 Å². The third kappa shape index (κ3) is 3.61. The summed E-state index contributed by atoms with van der Waals surface area (Å²) in [7, 11) is 1.59. The van der Waals surface area contributed by atoms with Crippen LogP contribution >= 0.6 is 0 Å². The molecule has 4 rings (SSSR count). The Kier molecular flexibility index (Phi) is 5.17. The van der Waals surface area contributed by atoms with Crippen molar-refractivity contribution in [3.63, 3.8) is 0 Å². The lowest BCUT2D eigenvalue weighted by molar-refractivity contribution is -0.122. The van der Waals surface area contributed by atoms with Crippen LogP contribution < -0.4 is 15.0 Å². The molecule has 1 aliphatic heterocycles. The molecule has 7 nitrogen and oxygen atoms in total. The van der Waals surface area contributed by atoms with Crippen LogP contribution in [-0.2, 0) is 9.59 Å². The predicted molar refractivity (Wildman–Crippen MR) is 117 cm³/mol. The second kappa shape index (κ2) is 7.95. The second-order valence-electron chi connectivity index (χ2n) is 7.18. The lowest BCUT2D eigenvalue weighted by atomic mass is 10.0. The maximum Gasteiger partial charge on any atom is 0.335 e. The Balaban J connectivity index is 1.75. The topological polar surface area (TPSA) is 80.6 Å². The van der Waals surface area contributed by atoms with Crippen molar-refractivity contribution >= 4 is 29.6 Å². The van der Waals surface area contributed by atoms with Crippen molar-refractivity contribution in [1.82, 2.24) is 9.88 Å². The number of nitrogens with one attached hydrogen (secondary N) is 1. The number of benzene rings is 2. The summed E-state index contributed by atoms with van der Waals surface area (Å²) in [6, 6.07) is 15.6. The first-order chi connectivity index (χ1) is 14.9. The van der Waals surface area contributed by atoms with Crippen LogP contribution in [0, 0.1) is 13.8 Å². The Hall–Kier alpha value is -4.13. The Morgan fingerprint density at radius 2 is 1.68 bits per heavy atom. The maximum atomic E-state index is 13.2. The number of methoxy groups -OCH3 is 1. The smallest absolute Gasteiger partial charge is 0.335 e. The van der Waals surface area contributed by atoms with Crippen molar-refractivity contribution in [2.24, 2.45) is 0 Å². The van der Waals surface area contributed by atoms with E-state index in [0.29, 0.717) is 11.4 Å². The minimum absolute atomic E-state index is 0.117. The molecule has 156 valence electrons. The van der Waals surface area contributed by atoms with E-state index in [1.54, 1.807) is 25.3 Å². The molecule has 0 bridgehead atoms. The highest BCUT2D eigenvalue weighted by molar-refractivity contribution is 6.39. The number of ether oxygens (including phenoxy) is 1. The first kappa shape index (κ1) is 20.2. The van der Waals surface area contributed by atoms with Crippen LogP contribution in [0.2, 0.25) is 0 Å². The number of rotatable bonds is 4. The summed E-state index contributed by atoms with van der Waals surface area (Å²) in [4.78, 5) is 39.3. The van der Waals surface area contributed by atoms with Crippen LogP contribution in [0.4, 0.5) is 10.5 Å². The molecule has 0 radical (unpaired) electrons. The molecule has 0 saturated carbocycles. The highest BCUT2D eigenvalue weighted by Gasteiger charge is 2.37. The van der Waals surface area contributed by atoms with E-state index in [-0.39, 0.29) is 5.57 Å². The zero-order valence-corrected chi connectivity index (χ0v) is 17.4. The molecule has 7 heteroatoms. The van der Waals surface area contributed by atoms with E-state index in [2.05, 4.69) is 5.32 Å². The van der Waals surface area contributed by atoms with Gasteiger partial charge in [0, 0.05) is 17.6 Å². The number of hydrogen-bond acceptors (Lipinski definition) is 4. The van der Waals surface area contributed by atoms with Gasteiger partial charge < -0.3 is 9.30 Å². The van der Waals surface area contributed by atoms with Crippen LogP contribution in [0.25, 0.3) is 11.8 Å². The fourth-order valence-corrected chi connectivity index (χ4v) is 3.49. The molecular formula is C24H21N3O4. The van der Waals surface area contributed by atoms with Gasteiger partial charge in [-0.25, -0.2) is 9.69 Å². The Bertz CT molecular complexity index is 1220. The Morgan fingerprint density at radius 3 is 2.39 bits per heavy atom.